The summed E-state index contributed by atoms with van der Waals surface area (Å²) in [5.41, 5.74) is 1.27. The van der Waals surface area contributed by atoms with Gasteiger partial charge in [0.2, 0.25) is 5.88 Å². The van der Waals surface area contributed by atoms with Gasteiger partial charge in [0.1, 0.15) is 11.3 Å². The van der Waals surface area contributed by atoms with Crippen molar-refractivity contribution in [1.82, 2.24) is 4.98 Å². The first-order valence-electron chi connectivity index (χ1n) is 7.66. The molecule has 0 unspecified atom stereocenters. The highest BCUT2D eigenvalue weighted by molar-refractivity contribution is 5.99. The van der Waals surface area contributed by atoms with Crippen LogP contribution < -0.4 is 10.4 Å². The fraction of sp³-hybridized carbons (Fsp3) is 0.278. The number of aryl methyl sites for hydroxylation is 1. The van der Waals surface area contributed by atoms with Crippen LogP contribution in [0.1, 0.15) is 42.2 Å². The Morgan fingerprint density at radius 1 is 1.13 bits per heavy atom. The van der Waals surface area contributed by atoms with Gasteiger partial charge in [0.05, 0.1) is 5.92 Å². The summed E-state index contributed by atoms with van der Waals surface area (Å²) >= 11 is 0. The molecule has 2 heterocycles. The van der Waals surface area contributed by atoms with Crippen LogP contribution in [0.2, 0.25) is 0 Å². The minimum absolute atomic E-state index is 0.0331. The molecule has 0 saturated carbocycles. The molecule has 1 aromatic carbocycles. The minimum atomic E-state index is -0.494. The van der Waals surface area contributed by atoms with Crippen molar-refractivity contribution in [3.05, 3.63) is 69.1 Å². The van der Waals surface area contributed by atoms with Gasteiger partial charge in [-0.1, -0.05) is 30.3 Å². The number of rotatable bonds is 1. The van der Waals surface area contributed by atoms with Gasteiger partial charge in [-0.15, -0.1) is 0 Å². The zero-order valence-corrected chi connectivity index (χ0v) is 12.7. The average Bonchev–Trinajstić information content (AvgIpc) is 2.54. The second-order valence-corrected chi connectivity index (χ2v) is 5.80. The Balaban J connectivity index is 2.01. The molecule has 1 aromatic heterocycles. The lowest BCUT2D eigenvalue weighted by atomic mass is 9.78. The summed E-state index contributed by atoms with van der Waals surface area (Å²) in [7, 11) is 0. The Morgan fingerprint density at radius 2 is 1.91 bits per heavy atom. The Hall–Kier alpha value is -2.69. The lowest BCUT2D eigenvalue weighted by molar-refractivity contribution is -0.116. The summed E-state index contributed by atoms with van der Waals surface area (Å²) in [6.07, 6.45) is 1.92. The molecule has 1 atom stereocenters. The third-order valence-corrected chi connectivity index (χ3v) is 4.29. The van der Waals surface area contributed by atoms with Crippen LogP contribution in [0.5, 0.6) is 5.88 Å². The fourth-order valence-electron chi connectivity index (χ4n) is 3.32. The molecule has 0 saturated heterocycles. The van der Waals surface area contributed by atoms with Crippen molar-refractivity contribution in [2.75, 3.05) is 0 Å². The quantitative estimate of drug-likeness (QED) is 0.810. The summed E-state index contributed by atoms with van der Waals surface area (Å²) in [4.78, 5) is 29.2. The summed E-state index contributed by atoms with van der Waals surface area (Å²) in [5.74, 6) is 0.728. The second-order valence-electron chi connectivity index (χ2n) is 5.80. The van der Waals surface area contributed by atoms with Crippen LogP contribution in [0.4, 0.5) is 0 Å². The topological polar surface area (TPSA) is 69.4 Å². The first kappa shape index (κ1) is 13.9. The van der Waals surface area contributed by atoms with E-state index in [2.05, 4.69) is 4.98 Å². The summed E-state index contributed by atoms with van der Waals surface area (Å²) in [6, 6.07) is 9.50. The maximum atomic E-state index is 12.5. The van der Waals surface area contributed by atoms with E-state index in [4.69, 9.17) is 9.15 Å². The van der Waals surface area contributed by atoms with Crippen molar-refractivity contribution < 1.29 is 13.9 Å². The Bertz CT molecular complexity index is 880. The van der Waals surface area contributed by atoms with Crippen LogP contribution in [-0.4, -0.2) is 10.8 Å². The van der Waals surface area contributed by atoms with Crippen LogP contribution in [0, 0.1) is 6.92 Å². The first-order valence-corrected chi connectivity index (χ1v) is 7.66. The van der Waals surface area contributed by atoms with Gasteiger partial charge < -0.3 is 9.15 Å². The number of hydrogen-bond donors (Lipinski definition) is 0. The standard InChI is InChI=1S/C18H15NO4/c1-10-19-17-16(18(21)22-10)14(11-6-3-2-4-7-11)15-12(20)8-5-9-13(15)23-17/h2-4,6-7,14H,5,8-9H2,1H3/t14-/m1/s1. The van der Waals surface area contributed by atoms with E-state index in [9.17, 15) is 9.59 Å². The molecule has 23 heavy (non-hydrogen) atoms. The highest BCUT2D eigenvalue weighted by Gasteiger charge is 2.39. The zero-order chi connectivity index (χ0) is 16.0. The maximum Gasteiger partial charge on any atom is 0.346 e. The maximum absolute atomic E-state index is 12.5. The van der Waals surface area contributed by atoms with Gasteiger partial charge in [-0.05, 0) is 12.0 Å². The summed E-state index contributed by atoms with van der Waals surface area (Å²) in [6.45, 7) is 1.61. The van der Waals surface area contributed by atoms with E-state index in [1.54, 1.807) is 6.92 Å². The normalized spacial score (nSPS) is 19.9. The molecule has 5 heteroatoms. The lowest BCUT2D eigenvalue weighted by Gasteiger charge is -2.31. The van der Waals surface area contributed by atoms with E-state index >= 15 is 0 Å². The van der Waals surface area contributed by atoms with Gasteiger partial charge in [-0.3, -0.25) is 4.79 Å². The number of carbonyl (C=O) groups is 1. The smallest absolute Gasteiger partial charge is 0.346 e. The Kier molecular flexibility index (Phi) is 3.15. The molecule has 0 N–H and O–H groups in total. The molecule has 0 bridgehead atoms. The Morgan fingerprint density at radius 3 is 2.70 bits per heavy atom. The highest BCUT2D eigenvalue weighted by Crippen LogP contribution is 2.44. The van der Waals surface area contributed by atoms with Crippen LogP contribution in [0.15, 0.2) is 50.9 Å². The monoisotopic (exact) mass is 309 g/mol. The Labute approximate surface area is 132 Å². The second kappa shape index (κ2) is 5.19. The van der Waals surface area contributed by atoms with Crippen molar-refractivity contribution in [3.8, 4) is 5.88 Å². The fourth-order valence-corrected chi connectivity index (χ4v) is 3.32. The molecule has 2 aliphatic rings. The van der Waals surface area contributed by atoms with E-state index in [0.717, 1.165) is 12.0 Å². The average molecular weight is 309 g/mol. The molecule has 1 aliphatic heterocycles. The summed E-state index contributed by atoms with van der Waals surface area (Å²) in [5, 5.41) is 0. The molecule has 116 valence electrons. The number of allylic oxidation sites excluding steroid dienone is 2. The van der Waals surface area contributed by atoms with Gasteiger partial charge in [-0.25, -0.2) is 4.79 Å². The van der Waals surface area contributed by atoms with Crippen molar-refractivity contribution in [2.45, 2.75) is 32.1 Å². The third kappa shape index (κ3) is 2.20. The van der Waals surface area contributed by atoms with Gasteiger partial charge in [0.15, 0.2) is 11.7 Å². The molecule has 0 fully saturated rings. The summed E-state index contributed by atoms with van der Waals surface area (Å²) < 4.78 is 11.0. The molecule has 2 aromatic rings. The molecule has 0 amide bonds. The molecule has 0 spiro atoms. The van der Waals surface area contributed by atoms with Crippen molar-refractivity contribution in [3.63, 3.8) is 0 Å². The number of nitrogens with zero attached hydrogens (tertiary/aromatic N) is 1. The first-order chi connectivity index (χ1) is 11.1. The van der Waals surface area contributed by atoms with Gasteiger partial charge in [0, 0.05) is 25.3 Å². The molecule has 4 rings (SSSR count). The van der Waals surface area contributed by atoms with Crippen LogP contribution in [0.25, 0.3) is 0 Å². The highest BCUT2D eigenvalue weighted by atomic mass is 16.5. The van der Waals surface area contributed by atoms with E-state index in [0.29, 0.717) is 29.7 Å². The van der Waals surface area contributed by atoms with Crippen LogP contribution in [-0.2, 0) is 4.79 Å². The number of aromatic nitrogens is 1. The predicted octanol–water partition coefficient (Wildman–Crippen LogP) is 2.87. The van der Waals surface area contributed by atoms with Crippen LogP contribution >= 0.6 is 0 Å². The van der Waals surface area contributed by atoms with E-state index in [-0.39, 0.29) is 17.6 Å². The predicted molar refractivity (Wildman–Crippen MR) is 82.3 cm³/mol. The van der Waals surface area contributed by atoms with Gasteiger partial charge >= 0.3 is 5.63 Å². The lowest BCUT2D eigenvalue weighted by Crippen LogP contribution is -2.30. The zero-order valence-electron chi connectivity index (χ0n) is 12.7. The molecule has 0 radical (unpaired) electrons. The largest absolute Gasteiger partial charge is 0.442 e. The van der Waals surface area contributed by atoms with Crippen LogP contribution in [0.3, 0.4) is 0 Å². The number of benzene rings is 1. The van der Waals surface area contributed by atoms with Crippen molar-refractivity contribution >= 4 is 5.78 Å². The van der Waals surface area contributed by atoms with E-state index in [1.165, 1.54) is 0 Å². The van der Waals surface area contributed by atoms with Crippen molar-refractivity contribution in [2.24, 2.45) is 0 Å². The third-order valence-electron chi connectivity index (χ3n) is 4.29. The number of Topliss-reactive ketones (excluding diaryl/α,β-unsaturated/α-hetero) is 1. The van der Waals surface area contributed by atoms with Crippen molar-refractivity contribution in [1.29, 1.82) is 0 Å². The van der Waals surface area contributed by atoms with Gasteiger partial charge in [0.25, 0.3) is 0 Å². The molecule has 1 aliphatic carbocycles. The van der Waals surface area contributed by atoms with E-state index in [1.807, 2.05) is 30.3 Å². The van der Waals surface area contributed by atoms with Gasteiger partial charge in [-0.2, -0.15) is 4.98 Å². The van der Waals surface area contributed by atoms with E-state index < -0.39 is 11.5 Å². The number of ether oxygens (including phenoxy) is 1. The minimum Gasteiger partial charge on any atom is -0.442 e. The number of fused-ring (bicyclic) bond motifs is 1. The molecular weight excluding hydrogens is 294 g/mol. The molecular formula is C18H15NO4. The number of hydrogen-bond acceptors (Lipinski definition) is 5. The SMILES string of the molecule is Cc1nc2c(c(=O)o1)[C@H](c1ccccc1)C1=C(CCCC1=O)O2. The number of ketones is 1. The molecule has 5 nitrogen and oxygen atoms in total. The number of carbonyl (C=O) groups excluding carboxylic acids is 1.